The van der Waals surface area contributed by atoms with E-state index in [4.69, 9.17) is 18.0 Å². The minimum absolute atomic E-state index is 0.287. The van der Waals surface area contributed by atoms with Crippen LogP contribution in [0.3, 0.4) is 0 Å². The maximum absolute atomic E-state index is 13.1. The minimum atomic E-state index is -0.442. The SMILES string of the molecule is NC(=S)CCCCNC(=O)c1cc(F)cc(Br)c1. The second kappa shape index (κ2) is 7.43. The van der Waals surface area contributed by atoms with E-state index in [1.165, 1.54) is 12.1 Å². The highest BCUT2D eigenvalue weighted by Gasteiger charge is 2.07. The van der Waals surface area contributed by atoms with E-state index in [1.54, 1.807) is 6.07 Å². The molecule has 0 aliphatic rings. The van der Waals surface area contributed by atoms with Gasteiger partial charge in [0.2, 0.25) is 0 Å². The van der Waals surface area contributed by atoms with Crippen molar-refractivity contribution in [3.63, 3.8) is 0 Å². The number of nitrogens with two attached hydrogens (primary N) is 1. The van der Waals surface area contributed by atoms with Gasteiger partial charge in [-0.3, -0.25) is 4.79 Å². The average molecular weight is 333 g/mol. The molecular weight excluding hydrogens is 319 g/mol. The normalized spacial score (nSPS) is 10.1. The number of thiocarbonyl (C=S) groups is 1. The monoisotopic (exact) mass is 332 g/mol. The van der Waals surface area contributed by atoms with E-state index in [-0.39, 0.29) is 5.91 Å². The van der Waals surface area contributed by atoms with Crippen LogP contribution >= 0.6 is 28.1 Å². The van der Waals surface area contributed by atoms with E-state index >= 15 is 0 Å². The average Bonchev–Trinajstić information content (AvgIpc) is 2.26. The molecule has 3 N–H and O–H groups in total. The number of amides is 1. The van der Waals surface area contributed by atoms with Crippen LogP contribution in [0.2, 0.25) is 0 Å². The third kappa shape index (κ3) is 5.55. The van der Waals surface area contributed by atoms with E-state index in [0.717, 1.165) is 12.8 Å². The van der Waals surface area contributed by atoms with Crippen LogP contribution in [0.1, 0.15) is 29.6 Å². The molecule has 0 heterocycles. The zero-order chi connectivity index (χ0) is 13.5. The van der Waals surface area contributed by atoms with Crippen LogP contribution in [0.4, 0.5) is 4.39 Å². The predicted octanol–water partition coefficient (Wildman–Crippen LogP) is 2.77. The van der Waals surface area contributed by atoms with Crippen molar-refractivity contribution in [2.75, 3.05) is 6.54 Å². The summed E-state index contributed by atoms with van der Waals surface area (Å²) in [5.74, 6) is -0.728. The molecule has 98 valence electrons. The molecule has 0 saturated carbocycles. The molecule has 1 aromatic rings. The molecule has 0 saturated heterocycles. The molecule has 1 aromatic carbocycles. The first-order valence-corrected chi connectivity index (χ1v) is 6.72. The molecule has 0 fully saturated rings. The summed E-state index contributed by atoms with van der Waals surface area (Å²) in [6, 6.07) is 4.08. The van der Waals surface area contributed by atoms with Crippen molar-refractivity contribution in [3.8, 4) is 0 Å². The topological polar surface area (TPSA) is 55.1 Å². The Kier molecular flexibility index (Phi) is 6.21. The van der Waals surface area contributed by atoms with Gasteiger partial charge < -0.3 is 11.1 Å². The van der Waals surface area contributed by atoms with E-state index in [1.807, 2.05) is 0 Å². The Morgan fingerprint density at radius 1 is 1.39 bits per heavy atom. The molecule has 0 atom stereocenters. The Bertz CT molecular complexity index is 433. The molecule has 18 heavy (non-hydrogen) atoms. The number of nitrogens with one attached hydrogen (secondary N) is 1. The fraction of sp³-hybridized carbons (Fsp3) is 0.333. The summed E-state index contributed by atoms with van der Waals surface area (Å²) in [6.45, 7) is 0.523. The Balaban J connectivity index is 2.38. The first-order valence-electron chi connectivity index (χ1n) is 5.51. The molecule has 0 bridgehead atoms. The van der Waals surface area contributed by atoms with Gasteiger partial charge in [0.25, 0.3) is 5.91 Å². The smallest absolute Gasteiger partial charge is 0.251 e. The van der Waals surface area contributed by atoms with Crippen LogP contribution in [0.25, 0.3) is 0 Å². The fourth-order valence-electron chi connectivity index (χ4n) is 1.41. The van der Waals surface area contributed by atoms with Gasteiger partial charge in [0, 0.05) is 16.6 Å². The van der Waals surface area contributed by atoms with Crippen molar-refractivity contribution in [1.29, 1.82) is 0 Å². The van der Waals surface area contributed by atoms with Crippen LogP contribution < -0.4 is 11.1 Å². The van der Waals surface area contributed by atoms with Crippen molar-refractivity contribution in [2.24, 2.45) is 5.73 Å². The van der Waals surface area contributed by atoms with Gasteiger partial charge in [0.05, 0.1) is 4.99 Å². The van der Waals surface area contributed by atoms with E-state index in [2.05, 4.69) is 21.2 Å². The molecule has 1 rings (SSSR count). The Hall–Kier alpha value is -1.01. The van der Waals surface area contributed by atoms with Gasteiger partial charge >= 0.3 is 0 Å². The molecule has 0 aliphatic heterocycles. The predicted molar refractivity (Wildman–Crippen MR) is 77.1 cm³/mol. The lowest BCUT2D eigenvalue weighted by atomic mass is 10.2. The van der Waals surface area contributed by atoms with Crippen LogP contribution in [-0.2, 0) is 0 Å². The lowest BCUT2D eigenvalue weighted by Gasteiger charge is -2.05. The lowest BCUT2D eigenvalue weighted by Crippen LogP contribution is -2.24. The van der Waals surface area contributed by atoms with Crippen LogP contribution in [0.5, 0.6) is 0 Å². The molecule has 6 heteroatoms. The molecule has 1 amide bonds. The van der Waals surface area contributed by atoms with Crippen molar-refractivity contribution in [2.45, 2.75) is 19.3 Å². The quantitative estimate of drug-likeness (QED) is 0.622. The summed E-state index contributed by atoms with van der Waals surface area (Å²) in [7, 11) is 0. The lowest BCUT2D eigenvalue weighted by molar-refractivity contribution is 0.0952. The summed E-state index contributed by atoms with van der Waals surface area (Å²) >= 11 is 7.89. The number of unbranched alkanes of at least 4 members (excludes halogenated alkanes) is 1. The molecule has 0 unspecified atom stereocenters. The molecule has 0 radical (unpaired) electrons. The summed E-state index contributed by atoms with van der Waals surface area (Å²) < 4.78 is 13.6. The number of carbonyl (C=O) groups is 1. The summed E-state index contributed by atoms with van der Waals surface area (Å²) in [4.78, 5) is 12.2. The summed E-state index contributed by atoms with van der Waals surface area (Å²) in [5, 5.41) is 2.72. The maximum Gasteiger partial charge on any atom is 0.251 e. The molecular formula is C12H14BrFN2OS. The number of hydrogen-bond donors (Lipinski definition) is 2. The van der Waals surface area contributed by atoms with Crippen molar-refractivity contribution in [3.05, 3.63) is 34.1 Å². The number of benzene rings is 1. The highest BCUT2D eigenvalue weighted by molar-refractivity contribution is 9.10. The number of carbonyl (C=O) groups excluding carboxylic acids is 1. The largest absolute Gasteiger partial charge is 0.393 e. The minimum Gasteiger partial charge on any atom is -0.393 e. The highest BCUT2D eigenvalue weighted by Crippen LogP contribution is 2.14. The van der Waals surface area contributed by atoms with Crippen molar-refractivity contribution in [1.82, 2.24) is 5.32 Å². The third-order valence-corrected chi connectivity index (χ3v) is 2.92. The van der Waals surface area contributed by atoms with Gasteiger partial charge in [-0.25, -0.2) is 4.39 Å². The van der Waals surface area contributed by atoms with E-state index in [0.29, 0.717) is 28.0 Å². The highest BCUT2D eigenvalue weighted by atomic mass is 79.9. The number of hydrogen-bond acceptors (Lipinski definition) is 2. The summed E-state index contributed by atoms with van der Waals surface area (Å²) in [6.07, 6.45) is 2.30. The van der Waals surface area contributed by atoms with Gasteiger partial charge in [-0.2, -0.15) is 0 Å². The zero-order valence-electron chi connectivity index (χ0n) is 9.71. The van der Waals surface area contributed by atoms with E-state index < -0.39 is 5.82 Å². The van der Waals surface area contributed by atoms with Crippen LogP contribution in [-0.4, -0.2) is 17.4 Å². The molecule has 0 spiro atoms. The van der Waals surface area contributed by atoms with Crippen molar-refractivity contribution >= 4 is 39.0 Å². The van der Waals surface area contributed by atoms with Crippen LogP contribution in [0, 0.1) is 5.82 Å². The second-order valence-electron chi connectivity index (χ2n) is 3.84. The van der Waals surface area contributed by atoms with Gasteiger partial charge in [0.15, 0.2) is 0 Å². The molecule has 0 aromatic heterocycles. The maximum atomic E-state index is 13.1. The van der Waals surface area contributed by atoms with Crippen LogP contribution in [0.15, 0.2) is 22.7 Å². The summed E-state index contributed by atoms with van der Waals surface area (Å²) in [5.41, 5.74) is 5.66. The number of halogens is 2. The van der Waals surface area contributed by atoms with Crippen molar-refractivity contribution < 1.29 is 9.18 Å². The first kappa shape index (κ1) is 15.0. The zero-order valence-corrected chi connectivity index (χ0v) is 12.1. The van der Waals surface area contributed by atoms with Gasteiger partial charge in [-0.1, -0.05) is 28.1 Å². The fourth-order valence-corrected chi connectivity index (χ4v) is 2.02. The van der Waals surface area contributed by atoms with Gasteiger partial charge in [0.1, 0.15) is 5.82 Å². The van der Waals surface area contributed by atoms with E-state index in [9.17, 15) is 9.18 Å². The Labute approximate surface area is 119 Å². The van der Waals surface area contributed by atoms with Gasteiger partial charge in [-0.05, 0) is 37.5 Å². The number of rotatable bonds is 6. The molecule has 0 aliphatic carbocycles. The molecule has 3 nitrogen and oxygen atoms in total. The standard InChI is InChI=1S/C12H14BrFN2OS/c13-9-5-8(6-10(14)7-9)12(17)16-4-2-1-3-11(15)18/h5-7H,1-4H2,(H2,15,18)(H,16,17). The Morgan fingerprint density at radius 3 is 2.72 bits per heavy atom. The first-order chi connectivity index (χ1) is 8.49. The van der Waals surface area contributed by atoms with Gasteiger partial charge in [-0.15, -0.1) is 0 Å². The Morgan fingerprint density at radius 2 is 2.11 bits per heavy atom. The second-order valence-corrected chi connectivity index (χ2v) is 5.28. The third-order valence-electron chi connectivity index (χ3n) is 2.26.